The van der Waals surface area contributed by atoms with E-state index in [1.54, 1.807) is 39.0 Å². The summed E-state index contributed by atoms with van der Waals surface area (Å²) in [6.45, 7) is 12.0. The smallest absolute Gasteiger partial charge is 0.350 e. The first-order valence-electron chi connectivity index (χ1n) is 15.3. The molecule has 0 saturated heterocycles. The Morgan fingerprint density at radius 3 is 2.24 bits per heavy atom. The lowest BCUT2D eigenvalue weighted by atomic mass is 9.93. The van der Waals surface area contributed by atoms with Gasteiger partial charge in [0.25, 0.3) is 0 Å². The number of carbonyl (C=O) groups is 2. The number of amides is 1. The molecule has 0 radical (unpaired) electrons. The lowest BCUT2D eigenvalue weighted by molar-refractivity contribution is -0.108. The van der Waals surface area contributed by atoms with E-state index in [0.29, 0.717) is 25.0 Å². The fourth-order valence-electron chi connectivity index (χ4n) is 4.29. The van der Waals surface area contributed by atoms with Crippen molar-refractivity contribution in [2.45, 2.75) is 112 Å². The van der Waals surface area contributed by atoms with Crippen molar-refractivity contribution in [3.8, 4) is 5.75 Å². The maximum Gasteiger partial charge on any atom is 0.350 e. The number of aryl methyl sites for hydroxylation is 2. The summed E-state index contributed by atoms with van der Waals surface area (Å²) < 4.78 is 9.42. The molecule has 0 bridgehead atoms. The van der Waals surface area contributed by atoms with Gasteiger partial charge in [-0.05, 0) is 56.4 Å². The van der Waals surface area contributed by atoms with Gasteiger partial charge in [0.1, 0.15) is 17.1 Å². The highest BCUT2D eigenvalue weighted by molar-refractivity contribution is 7.11. The summed E-state index contributed by atoms with van der Waals surface area (Å²) in [5, 5.41) is 12.3. The van der Waals surface area contributed by atoms with Crippen LogP contribution in [0.25, 0.3) is 0 Å². The molecule has 2 aromatic heterocycles. The van der Waals surface area contributed by atoms with Gasteiger partial charge >= 0.3 is 5.63 Å². The number of hydrogen-bond donors (Lipinski definition) is 2. The van der Waals surface area contributed by atoms with Gasteiger partial charge in [-0.25, -0.2) is 4.79 Å². The largest absolute Gasteiger partial charge is 0.507 e. The molecule has 2 heterocycles. The molecule has 0 saturated carbocycles. The zero-order valence-corrected chi connectivity index (χ0v) is 28.0. The van der Waals surface area contributed by atoms with Crippen LogP contribution in [-0.2, 0) is 22.4 Å². The van der Waals surface area contributed by atoms with Crippen LogP contribution >= 0.6 is 11.3 Å². The molecule has 0 fully saturated rings. The number of nitrogens with one attached hydrogen (secondary N) is 1. The molecule has 2 rings (SSSR count). The zero-order valence-electron chi connectivity index (χ0n) is 27.2. The van der Waals surface area contributed by atoms with Crippen LogP contribution in [0.3, 0.4) is 0 Å². The van der Waals surface area contributed by atoms with E-state index >= 15 is 0 Å². The monoisotopic (exact) mass is 605 g/mol. The Bertz CT molecular complexity index is 1090. The van der Waals surface area contributed by atoms with Gasteiger partial charge in [-0.3, -0.25) is 9.59 Å². The predicted molar refractivity (Wildman–Crippen MR) is 175 cm³/mol. The number of carbonyl (C=O) groups excluding carboxylic acids is 2. The zero-order chi connectivity index (χ0) is 31.9. The van der Waals surface area contributed by atoms with E-state index in [1.165, 1.54) is 68.5 Å². The molecule has 2 atom stereocenters. The summed E-state index contributed by atoms with van der Waals surface area (Å²) in [5.74, 6) is 0.0265. The molecule has 238 valence electrons. The summed E-state index contributed by atoms with van der Waals surface area (Å²) in [4.78, 5) is 37.0. The van der Waals surface area contributed by atoms with Crippen molar-refractivity contribution in [1.82, 2.24) is 5.32 Å². The number of ketones is 1. The highest BCUT2D eigenvalue weighted by Crippen LogP contribution is 2.26. The number of aromatic hydroxyl groups is 1. The Morgan fingerprint density at radius 2 is 1.71 bits per heavy atom. The molecule has 2 aromatic rings. The predicted octanol–water partition coefficient (Wildman–Crippen LogP) is 8.44. The van der Waals surface area contributed by atoms with E-state index in [-0.39, 0.29) is 17.2 Å². The Kier molecular flexibility index (Phi) is 22.3. The molecule has 7 nitrogen and oxygen atoms in total. The van der Waals surface area contributed by atoms with Gasteiger partial charge in [0.15, 0.2) is 5.78 Å². The number of thiophene rings is 1. The van der Waals surface area contributed by atoms with E-state index in [2.05, 4.69) is 43.0 Å². The van der Waals surface area contributed by atoms with Crippen LogP contribution in [0.15, 0.2) is 39.7 Å². The number of unbranched alkanes of at least 4 members (excludes halogenated alkanes) is 1. The second kappa shape index (κ2) is 23.8. The third kappa shape index (κ3) is 16.1. The third-order valence-corrected chi connectivity index (χ3v) is 8.19. The van der Waals surface area contributed by atoms with Crippen molar-refractivity contribution < 1.29 is 23.8 Å². The lowest BCUT2D eigenvalue weighted by Gasteiger charge is -2.13. The fourth-order valence-corrected chi connectivity index (χ4v) is 5.29. The lowest BCUT2D eigenvalue weighted by Crippen LogP contribution is -2.19. The molecule has 2 unspecified atom stereocenters. The van der Waals surface area contributed by atoms with E-state index in [9.17, 15) is 19.5 Å². The molecule has 0 aliphatic rings. The average molecular weight is 606 g/mol. The van der Waals surface area contributed by atoms with E-state index in [1.807, 2.05) is 18.3 Å². The second-order valence-corrected chi connectivity index (χ2v) is 12.1. The highest BCUT2D eigenvalue weighted by Gasteiger charge is 2.22. The first kappa shape index (κ1) is 39.3. The quantitative estimate of drug-likeness (QED) is 0.138. The molecular weight excluding hydrogens is 550 g/mol. The van der Waals surface area contributed by atoms with Gasteiger partial charge in [0.05, 0.1) is 0 Å². The summed E-state index contributed by atoms with van der Waals surface area (Å²) >= 11 is 2.01. The summed E-state index contributed by atoms with van der Waals surface area (Å²) in [5.41, 5.74) is -1.10. The second-order valence-electron chi connectivity index (χ2n) is 10.8. The van der Waals surface area contributed by atoms with Crippen LogP contribution in [0.1, 0.15) is 125 Å². The van der Waals surface area contributed by atoms with Gasteiger partial charge < -0.3 is 19.6 Å². The van der Waals surface area contributed by atoms with Gasteiger partial charge in [0.2, 0.25) is 6.41 Å². The highest BCUT2D eigenvalue weighted by atomic mass is 32.1. The standard InChI is InChI=1S/C16H21NO5.C16H28S.C2H6O/c1-10(2)15(20)14-12(19)8-13(22-16(14)21)11(3)6-4-5-7-17-9-18;1-4-7-9-14(5-2)10-8-11-16-13-12-15(6-3)17-16;1-3-2/h5,7-11,19H,4,6H2,1-3H3,(H,17,18);12-14H,4-11H2,1-3H3;1-2H3/b7-5+;;. The van der Waals surface area contributed by atoms with Crippen LogP contribution in [0, 0.1) is 11.8 Å². The summed E-state index contributed by atoms with van der Waals surface area (Å²) in [6, 6.07) is 5.96. The normalized spacial score (nSPS) is 12.2. The van der Waals surface area contributed by atoms with Gasteiger partial charge in [0, 0.05) is 41.9 Å². The SMILES string of the molecule is CC(C)C(=O)c1c(O)cc(C(C)CC/C=C/NC=O)oc1=O.CCCCC(CC)CCCc1ccc(CC)s1.COC. The van der Waals surface area contributed by atoms with Crippen molar-refractivity contribution in [2.24, 2.45) is 11.8 Å². The Labute approximate surface area is 257 Å². The Balaban J connectivity index is 0.000000751. The molecule has 0 aromatic carbocycles. The van der Waals surface area contributed by atoms with Crippen LogP contribution in [0.5, 0.6) is 5.75 Å². The number of ether oxygens (including phenoxy) is 1. The van der Waals surface area contributed by atoms with E-state index in [4.69, 9.17) is 4.42 Å². The van der Waals surface area contributed by atoms with Crippen molar-refractivity contribution >= 4 is 23.5 Å². The fraction of sp³-hybridized carbons (Fsp3) is 0.618. The van der Waals surface area contributed by atoms with Gasteiger partial charge in [-0.2, -0.15) is 0 Å². The minimum absolute atomic E-state index is 0.109. The first-order chi connectivity index (χ1) is 20.1. The van der Waals surface area contributed by atoms with E-state index in [0.717, 1.165) is 5.92 Å². The minimum atomic E-state index is -0.807. The van der Waals surface area contributed by atoms with Gasteiger partial charge in [-0.15, -0.1) is 11.3 Å². The van der Waals surface area contributed by atoms with Crippen molar-refractivity contribution in [1.29, 1.82) is 0 Å². The maximum atomic E-state index is 11.9. The average Bonchev–Trinajstić information content (AvgIpc) is 3.43. The topological polar surface area (TPSA) is 106 Å². The molecule has 1 amide bonds. The minimum Gasteiger partial charge on any atom is -0.507 e. The number of methoxy groups -OCH3 is 1. The van der Waals surface area contributed by atoms with Gasteiger partial charge in [-0.1, -0.05) is 79.7 Å². The van der Waals surface area contributed by atoms with Crippen LogP contribution in [-0.4, -0.2) is 31.5 Å². The number of allylic oxidation sites excluding steroid dienone is 1. The third-order valence-electron chi connectivity index (χ3n) is 6.90. The van der Waals surface area contributed by atoms with Crippen molar-refractivity contribution in [3.05, 3.63) is 62.0 Å². The van der Waals surface area contributed by atoms with Crippen LogP contribution in [0.4, 0.5) is 0 Å². The molecule has 0 aliphatic heterocycles. The first-order valence-corrected chi connectivity index (χ1v) is 16.1. The Hall–Kier alpha value is -2.71. The molecular formula is C34H55NO6S. The Morgan fingerprint density at radius 1 is 1.07 bits per heavy atom. The molecule has 0 aliphatic carbocycles. The summed E-state index contributed by atoms with van der Waals surface area (Å²) in [6.07, 6.45) is 16.1. The summed E-state index contributed by atoms with van der Waals surface area (Å²) in [7, 11) is 3.25. The molecule has 2 N–H and O–H groups in total. The number of hydrogen-bond acceptors (Lipinski definition) is 7. The van der Waals surface area contributed by atoms with Crippen LogP contribution in [0.2, 0.25) is 0 Å². The number of Topliss-reactive ketones (excluding diaryl/α,β-unsaturated/α-hetero) is 1. The molecule has 42 heavy (non-hydrogen) atoms. The van der Waals surface area contributed by atoms with Crippen molar-refractivity contribution in [3.63, 3.8) is 0 Å². The maximum absolute atomic E-state index is 11.9. The number of rotatable bonds is 17. The molecule has 8 heteroatoms. The van der Waals surface area contributed by atoms with Crippen LogP contribution < -0.4 is 10.9 Å². The van der Waals surface area contributed by atoms with E-state index < -0.39 is 17.3 Å². The molecule has 0 spiro atoms. The van der Waals surface area contributed by atoms with Crippen molar-refractivity contribution in [2.75, 3.05) is 14.2 Å².